The van der Waals surface area contributed by atoms with Crippen molar-refractivity contribution in [1.82, 2.24) is 5.43 Å². The fraction of sp³-hybridized carbons (Fsp3) is 0.385. The first kappa shape index (κ1) is 13.4. The van der Waals surface area contributed by atoms with Gasteiger partial charge in [-0.25, -0.2) is 4.39 Å². The first-order valence-corrected chi connectivity index (χ1v) is 6.70. The summed E-state index contributed by atoms with van der Waals surface area (Å²) in [5, 5.41) is 0.932. The zero-order valence-electron chi connectivity index (χ0n) is 10.3. The topological polar surface area (TPSA) is 47.3 Å². The number of nitrogens with two attached hydrogens (primary N) is 1. The number of hydrazine groups is 1. The summed E-state index contributed by atoms with van der Waals surface area (Å²) < 4.78 is 19.2. The van der Waals surface area contributed by atoms with Crippen molar-refractivity contribution in [3.8, 4) is 0 Å². The Balaban J connectivity index is 2.17. The van der Waals surface area contributed by atoms with Crippen molar-refractivity contribution in [2.75, 3.05) is 13.7 Å². The molecule has 98 valence electrons. The highest BCUT2D eigenvalue weighted by atomic mass is 32.1. The minimum absolute atomic E-state index is 0.0978. The molecule has 1 aromatic heterocycles. The molecule has 0 spiro atoms. The average molecular weight is 268 g/mol. The van der Waals surface area contributed by atoms with Crippen LogP contribution in [-0.2, 0) is 4.74 Å². The van der Waals surface area contributed by atoms with Crippen LogP contribution in [0.25, 0.3) is 10.1 Å². The van der Waals surface area contributed by atoms with Gasteiger partial charge in [0.2, 0.25) is 0 Å². The van der Waals surface area contributed by atoms with E-state index in [1.54, 1.807) is 24.5 Å². The Kier molecular flexibility index (Phi) is 4.66. The normalized spacial score (nSPS) is 13.1. The van der Waals surface area contributed by atoms with Gasteiger partial charge >= 0.3 is 0 Å². The van der Waals surface area contributed by atoms with Crippen LogP contribution in [0, 0.1) is 5.82 Å². The molecule has 1 aromatic carbocycles. The molecule has 0 fully saturated rings. The summed E-state index contributed by atoms with van der Waals surface area (Å²) in [4.78, 5) is 1.13. The van der Waals surface area contributed by atoms with Gasteiger partial charge in [0.05, 0.1) is 6.04 Å². The smallest absolute Gasteiger partial charge is 0.123 e. The van der Waals surface area contributed by atoms with Crippen molar-refractivity contribution in [2.24, 2.45) is 5.84 Å². The highest BCUT2D eigenvalue weighted by Crippen LogP contribution is 2.31. The summed E-state index contributed by atoms with van der Waals surface area (Å²) in [5.41, 5.74) is 2.81. The Morgan fingerprint density at radius 1 is 1.44 bits per heavy atom. The average Bonchev–Trinajstić information content (AvgIpc) is 2.77. The van der Waals surface area contributed by atoms with E-state index in [4.69, 9.17) is 10.6 Å². The Labute approximate surface area is 110 Å². The molecule has 0 saturated heterocycles. The van der Waals surface area contributed by atoms with Gasteiger partial charge in [-0.05, 0) is 42.5 Å². The van der Waals surface area contributed by atoms with Gasteiger partial charge in [-0.15, -0.1) is 11.3 Å². The van der Waals surface area contributed by atoms with E-state index >= 15 is 0 Å². The van der Waals surface area contributed by atoms with Crippen LogP contribution < -0.4 is 11.3 Å². The van der Waals surface area contributed by atoms with E-state index < -0.39 is 0 Å². The second-order valence-electron chi connectivity index (χ2n) is 4.19. The number of fused-ring (bicyclic) bond motifs is 1. The van der Waals surface area contributed by atoms with E-state index in [0.717, 1.165) is 34.4 Å². The molecule has 2 aromatic rings. The van der Waals surface area contributed by atoms with E-state index in [0.29, 0.717) is 0 Å². The molecule has 1 heterocycles. The van der Waals surface area contributed by atoms with Crippen LogP contribution in [0.1, 0.15) is 23.8 Å². The first-order valence-electron chi connectivity index (χ1n) is 5.88. The fourth-order valence-corrected chi connectivity index (χ4v) is 3.09. The molecule has 2 rings (SSSR count). The van der Waals surface area contributed by atoms with Gasteiger partial charge in [-0.2, -0.15) is 0 Å². The maximum absolute atomic E-state index is 13.1. The highest BCUT2D eigenvalue weighted by molar-refractivity contribution is 7.19. The lowest BCUT2D eigenvalue weighted by Gasteiger charge is -2.13. The van der Waals surface area contributed by atoms with Crippen molar-refractivity contribution >= 4 is 21.4 Å². The highest BCUT2D eigenvalue weighted by Gasteiger charge is 2.13. The van der Waals surface area contributed by atoms with E-state index in [-0.39, 0.29) is 11.9 Å². The molecular formula is C13H17FN2OS. The molecule has 0 saturated carbocycles. The summed E-state index contributed by atoms with van der Waals surface area (Å²) in [6, 6.07) is 6.94. The molecular weight excluding hydrogens is 251 g/mol. The van der Waals surface area contributed by atoms with E-state index in [1.807, 2.05) is 12.1 Å². The fourth-order valence-electron chi connectivity index (χ4n) is 1.95. The first-order chi connectivity index (χ1) is 8.74. The Bertz CT molecular complexity index is 515. The molecule has 0 amide bonds. The van der Waals surface area contributed by atoms with Crippen LogP contribution >= 0.6 is 11.3 Å². The Hall–Kier alpha value is -1.01. The molecule has 0 aliphatic heterocycles. The minimum atomic E-state index is -0.205. The van der Waals surface area contributed by atoms with E-state index in [2.05, 4.69) is 5.43 Å². The molecule has 0 aliphatic rings. The zero-order chi connectivity index (χ0) is 13.0. The van der Waals surface area contributed by atoms with Crippen LogP contribution in [-0.4, -0.2) is 13.7 Å². The molecule has 0 bridgehead atoms. The molecule has 3 N–H and O–H groups in total. The van der Waals surface area contributed by atoms with Gasteiger partial charge in [0.15, 0.2) is 0 Å². The largest absolute Gasteiger partial charge is 0.385 e. The maximum Gasteiger partial charge on any atom is 0.123 e. The van der Waals surface area contributed by atoms with Gasteiger partial charge < -0.3 is 4.74 Å². The van der Waals surface area contributed by atoms with Gasteiger partial charge in [0.1, 0.15) is 5.82 Å². The number of hydrogen-bond acceptors (Lipinski definition) is 4. The van der Waals surface area contributed by atoms with Crippen LogP contribution in [0.5, 0.6) is 0 Å². The summed E-state index contributed by atoms with van der Waals surface area (Å²) in [6.07, 6.45) is 1.84. The van der Waals surface area contributed by atoms with E-state index in [1.165, 1.54) is 6.07 Å². The number of methoxy groups -OCH3 is 1. The lowest BCUT2D eigenvalue weighted by atomic mass is 10.1. The van der Waals surface area contributed by atoms with Crippen molar-refractivity contribution in [1.29, 1.82) is 0 Å². The van der Waals surface area contributed by atoms with Crippen LogP contribution in [0.2, 0.25) is 0 Å². The summed E-state index contributed by atoms with van der Waals surface area (Å²) in [7, 11) is 1.69. The third-order valence-corrected chi connectivity index (χ3v) is 4.11. The minimum Gasteiger partial charge on any atom is -0.385 e. The number of thiophene rings is 1. The Morgan fingerprint density at radius 3 is 3.00 bits per heavy atom. The second-order valence-corrected chi connectivity index (χ2v) is 5.30. The quantitative estimate of drug-likeness (QED) is 0.481. The Morgan fingerprint density at radius 2 is 2.28 bits per heavy atom. The molecule has 1 atom stereocenters. The van der Waals surface area contributed by atoms with Crippen molar-refractivity contribution in [3.05, 3.63) is 35.0 Å². The van der Waals surface area contributed by atoms with Gasteiger partial charge in [0.25, 0.3) is 0 Å². The molecule has 5 heteroatoms. The number of halogens is 1. The van der Waals surface area contributed by atoms with Crippen molar-refractivity contribution < 1.29 is 9.13 Å². The lowest BCUT2D eigenvalue weighted by Crippen LogP contribution is -2.27. The van der Waals surface area contributed by atoms with Gasteiger partial charge in [-0.3, -0.25) is 11.3 Å². The number of ether oxygens (including phenoxy) is 1. The molecule has 3 nitrogen and oxygen atoms in total. The van der Waals surface area contributed by atoms with Crippen LogP contribution in [0.3, 0.4) is 0 Å². The predicted molar refractivity (Wildman–Crippen MR) is 73.0 cm³/mol. The number of benzene rings is 1. The number of rotatable bonds is 6. The third-order valence-electron chi connectivity index (χ3n) is 2.88. The summed E-state index contributed by atoms with van der Waals surface area (Å²) >= 11 is 1.65. The summed E-state index contributed by atoms with van der Waals surface area (Å²) in [6.45, 7) is 0.720. The standard InChI is InChI=1S/C13H17FN2OS/c1-17-6-2-3-11(16-15)13-8-9-7-10(14)4-5-12(9)18-13/h4-5,7-8,11,16H,2-3,6,15H2,1H3. The number of hydrogen-bond donors (Lipinski definition) is 2. The SMILES string of the molecule is COCCCC(NN)c1cc2cc(F)ccc2s1. The van der Waals surface area contributed by atoms with Gasteiger partial charge in [-0.1, -0.05) is 0 Å². The molecule has 0 aliphatic carbocycles. The maximum atomic E-state index is 13.1. The van der Waals surface area contributed by atoms with E-state index in [9.17, 15) is 4.39 Å². The number of nitrogens with one attached hydrogen (secondary N) is 1. The molecule has 18 heavy (non-hydrogen) atoms. The molecule has 1 unspecified atom stereocenters. The lowest BCUT2D eigenvalue weighted by molar-refractivity contribution is 0.189. The zero-order valence-corrected chi connectivity index (χ0v) is 11.1. The van der Waals surface area contributed by atoms with Crippen LogP contribution in [0.4, 0.5) is 4.39 Å². The molecule has 0 radical (unpaired) electrons. The van der Waals surface area contributed by atoms with Crippen molar-refractivity contribution in [2.45, 2.75) is 18.9 Å². The predicted octanol–water partition coefficient (Wildman–Crippen LogP) is 2.97. The monoisotopic (exact) mass is 268 g/mol. The third kappa shape index (κ3) is 3.05. The van der Waals surface area contributed by atoms with Crippen molar-refractivity contribution in [3.63, 3.8) is 0 Å². The second kappa shape index (κ2) is 6.24. The summed E-state index contributed by atoms with van der Waals surface area (Å²) in [5.74, 6) is 5.38. The van der Waals surface area contributed by atoms with Crippen LogP contribution in [0.15, 0.2) is 24.3 Å². The van der Waals surface area contributed by atoms with Gasteiger partial charge in [0, 0.05) is 23.3 Å².